The molecule has 0 atom stereocenters. The van der Waals surface area contributed by atoms with Gasteiger partial charge in [-0.05, 0) is 12.3 Å². The molecule has 0 saturated heterocycles. The van der Waals surface area contributed by atoms with Gasteiger partial charge in [-0.15, -0.1) is 0 Å². The number of aryl methyl sites for hydroxylation is 1. The van der Waals surface area contributed by atoms with E-state index in [2.05, 4.69) is 36.4 Å². The third-order valence-corrected chi connectivity index (χ3v) is 3.07. The van der Waals surface area contributed by atoms with E-state index in [0.29, 0.717) is 12.4 Å². The fourth-order valence-electron chi connectivity index (χ4n) is 1.95. The molecule has 2 rings (SSSR count). The minimum absolute atomic E-state index is 0.0529. The summed E-state index contributed by atoms with van der Waals surface area (Å²) < 4.78 is 5.61. The quantitative estimate of drug-likeness (QED) is 0.908. The van der Waals surface area contributed by atoms with Crippen LogP contribution in [0.15, 0.2) is 34.7 Å². The number of aromatic nitrogens is 1. The van der Waals surface area contributed by atoms with Crippen molar-refractivity contribution < 1.29 is 9.21 Å². The Morgan fingerprint density at radius 3 is 2.50 bits per heavy atom. The van der Waals surface area contributed by atoms with Crippen molar-refractivity contribution in [2.24, 2.45) is 5.41 Å². The van der Waals surface area contributed by atoms with Crippen molar-refractivity contribution in [3.8, 4) is 11.3 Å². The topological polar surface area (TPSA) is 67.2 Å². The van der Waals surface area contributed by atoms with Crippen molar-refractivity contribution in [1.29, 1.82) is 0 Å². The van der Waals surface area contributed by atoms with Gasteiger partial charge in [0.1, 0.15) is 11.5 Å². The van der Waals surface area contributed by atoms with E-state index >= 15 is 0 Å². The molecule has 2 N–H and O–H groups in total. The molecule has 5 nitrogen and oxygen atoms in total. The molecule has 5 heteroatoms. The first-order valence-electron chi connectivity index (χ1n) is 7.38. The normalized spacial score (nSPS) is 11.3. The van der Waals surface area contributed by atoms with Crippen LogP contribution in [0.3, 0.4) is 0 Å². The summed E-state index contributed by atoms with van der Waals surface area (Å²) in [7, 11) is 0. The molecule has 0 aliphatic carbocycles. The number of hydrogen-bond donors (Lipinski definition) is 2. The van der Waals surface area contributed by atoms with E-state index in [0.717, 1.165) is 17.0 Å². The Bertz CT molecular complexity index is 627. The lowest BCUT2D eigenvalue weighted by atomic mass is 9.97. The lowest BCUT2D eigenvalue weighted by Gasteiger charge is -2.18. The number of rotatable bonds is 4. The van der Waals surface area contributed by atoms with Gasteiger partial charge in [0, 0.05) is 12.1 Å². The summed E-state index contributed by atoms with van der Waals surface area (Å²) in [6, 6.07) is 9.63. The average molecular weight is 301 g/mol. The first-order chi connectivity index (χ1) is 10.3. The van der Waals surface area contributed by atoms with E-state index in [9.17, 15) is 4.79 Å². The van der Waals surface area contributed by atoms with Gasteiger partial charge in [-0.1, -0.05) is 51.1 Å². The number of oxazole rings is 1. The third kappa shape index (κ3) is 4.62. The second-order valence-corrected chi connectivity index (χ2v) is 6.48. The molecule has 0 aliphatic rings. The molecule has 2 aromatic rings. The standard InChI is InChI=1S/C17H23N3O2/c1-12-15(13-8-6-5-7-9-13)20-14(22-12)10-18-16(21)19-11-17(2,3)4/h5-9H,10-11H2,1-4H3,(H2,18,19,21). The van der Waals surface area contributed by atoms with Gasteiger partial charge in [-0.2, -0.15) is 0 Å². The molecule has 1 heterocycles. The average Bonchev–Trinajstić information content (AvgIpc) is 2.84. The van der Waals surface area contributed by atoms with E-state index in [1.807, 2.05) is 37.3 Å². The van der Waals surface area contributed by atoms with Gasteiger partial charge in [0.2, 0.25) is 5.89 Å². The molecule has 118 valence electrons. The highest BCUT2D eigenvalue weighted by Crippen LogP contribution is 2.22. The monoisotopic (exact) mass is 301 g/mol. The summed E-state index contributed by atoms with van der Waals surface area (Å²) in [6.07, 6.45) is 0. The maximum Gasteiger partial charge on any atom is 0.315 e. The fraction of sp³-hybridized carbons (Fsp3) is 0.412. The van der Waals surface area contributed by atoms with Crippen molar-refractivity contribution in [3.05, 3.63) is 42.0 Å². The summed E-state index contributed by atoms with van der Waals surface area (Å²) in [5.41, 5.74) is 1.87. The van der Waals surface area contributed by atoms with Crippen molar-refractivity contribution in [2.75, 3.05) is 6.54 Å². The zero-order valence-corrected chi connectivity index (χ0v) is 13.6. The molecule has 0 fully saturated rings. The number of hydrogen-bond acceptors (Lipinski definition) is 3. The summed E-state index contributed by atoms with van der Waals surface area (Å²) in [4.78, 5) is 16.2. The number of carbonyl (C=O) groups excluding carboxylic acids is 1. The zero-order chi connectivity index (χ0) is 16.2. The number of amides is 2. The Labute approximate surface area is 131 Å². The minimum atomic E-state index is -0.216. The fourth-order valence-corrected chi connectivity index (χ4v) is 1.95. The maximum atomic E-state index is 11.7. The Morgan fingerprint density at radius 1 is 1.18 bits per heavy atom. The molecule has 22 heavy (non-hydrogen) atoms. The number of carbonyl (C=O) groups is 1. The number of urea groups is 1. The van der Waals surface area contributed by atoms with Crippen LogP contribution >= 0.6 is 0 Å². The summed E-state index contributed by atoms with van der Waals surface area (Å²) in [5, 5.41) is 5.58. The van der Waals surface area contributed by atoms with E-state index in [4.69, 9.17) is 4.42 Å². The van der Waals surface area contributed by atoms with Gasteiger partial charge >= 0.3 is 6.03 Å². The minimum Gasteiger partial charge on any atom is -0.443 e. The Kier molecular flexibility index (Phi) is 4.85. The van der Waals surface area contributed by atoms with Crippen LogP contribution in [0, 0.1) is 12.3 Å². The van der Waals surface area contributed by atoms with Crippen LogP contribution in [-0.4, -0.2) is 17.6 Å². The predicted molar refractivity (Wildman–Crippen MR) is 86.4 cm³/mol. The van der Waals surface area contributed by atoms with Crippen LogP contribution in [0.1, 0.15) is 32.4 Å². The molecule has 0 aliphatic heterocycles. The van der Waals surface area contributed by atoms with Crippen molar-refractivity contribution >= 4 is 6.03 Å². The molecular weight excluding hydrogens is 278 g/mol. The zero-order valence-electron chi connectivity index (χ0n) is 13.6. The molecule has 0 unspecified atom stereocenters. The SMILES string of the molecule is Cc1oc(CNC(=O)NCC(C)(C)C)nc1-c1ccccc1. The summed E-state index contributed by atoms with van der Waals surface area (Å²) in [5.74, 6) is 1.25. The maximum absolute atomic E-state index is 11.7. The van der Waals surface area contributed by atoms with E-state index in [1.165, 1.54) is 0 Å². The number of benzene rings is 1. The lowest BCUT2D eigenvalue weighted by Crippen LogP contribution is -2.39. The summed E-state index contributed by atoms with van der Waals surface area (Å²) in [6.45, 7) is 8.95. The van der Waals surface area contributed by atoms with E-state index in [-0.39, 0.29) is 18.0 Å². The molecule has 0 spiro atoms. The smallest absolute Gasteiger partial charge is 0.315 e. The molecule has 0 bridgehead atoms. The highest BCUT2D eigenvalue weighted by molar-refractivity contribution is 5.73. The van der Waals surface area contributed by atoms with Crippen LogP contribution in [0.4, 0.5) is 4.79 Å². The molecule has 0 saturated carbocycles. The molecule has 1 aromatic heterocycles. The molecule has 1 aromatic carbocycles. The van der Waals surface area contributed by atoms with E-state index in [1.54, 1.807) is 0 Å². The first kappa shape index (κ1) is 16.1. The van der Waals surface area contributed by atoms with Crippen molar-refractivity contribution in [3.63, 3.8) is 0 Å². The van der Waals surface area contributed by atoms with Crippen LogP contribution in [-0.2, 0) is 6.54 Å². The predicted octanol–water partition coefficient (Wildman–Crippen LogP) is 3.50. The second-order valence-electron chi connectivity index (χ2n) is 6.48. The second kappa shape index (κ2) is 6.64. The van der Waals surface area contributed by atoms with Gasteiger partial charge in [0.15, 0.2) is 0 Å². The number of nitrogens with zero attached hydrogens (tertiary/aromatic N) is 1. The van der Waals surface area contributed by atoms with Gasteiger partial charge in [0.05, 0.1) is 6.54 Å². The van der Waals surface area contributed by atoms with Crippen LogP contribution in [0.2, 0.25) is 0 Å². The Balaban J connectivity index is 1.93. The van der Waals surface area contributed by atoms with Gasteiger partial charge in [-0.25, -0.2) is 9.78 Å². The van der Waals surface area contributed by atoms with Crippen LogP contribution in [0.25, 0.3) is 11.3 Å². The van der Waals surface area contributed by atoms with Gasteiger partial charge in [-0.3, -0.25) is 0 Å². The van der Waals surface area contributed by atoms with Crippen molar-refractivity contribution in [1.82, 2.24) is 15.6 Å². The van der Waals surface area contributed by atoms with Crippen LogP contribution < -0.4 is 10.6 Å². The molecule has 0 radical (unpaired) electrons. The first-order valence-corrected chi connectivity index (χ1v) is 7.38. The number of nitrogens with one attached hydrogen (secondary N) is 2. The Morgan fingerprint density at radius 2 is 1.86 bits per heavy atom. The third-order valence-electron chi connectivity index (χ3n) is 3.07. The van der Waals surface area contributed by atoms with Gasteiger partial charge in [0.25, 0.3) is 0 Å². The van der Waals surface area contributed by atoms with Gasteiger partial charge < -0.3 is 15.1 Å². The highest BCUT2D eigenvalue weighted by Gasteiger charge is 2.14. The largest absolute Gasteiger partial charge is 0.443 e. The van der Waals surface area contributed by atoms with E-state index < -0.39 is 0 Å². The van der Waals surface area contributed by atoms with Crippen LogP contribution in [0.5, 0.6) is 0 Å². The highest BCUT2D eigenvalue weighted by atomic mass is 16.4. The molecular formula is C17H23N3O2. The summed E-state index contributed by atoms with van der Waals surface area (Å²) >= 11 is 0. The molecule has 2 amide bonds. The Hall–Kier alpha value is -2.30. The van der Waals surface area contributed by atoms with Crippen molar-refractivity contribution in [2.45, 2.75) is 34.2 Å². The lowest BCUT2D eigenvalue weighted by molar-refractivity contribution is 0.234.